The Labute approximate surface area is 131 Å². The van der Waals surface area contributed by atoms with Crippen molar-refractivity contribution in [3.63, 3.8) is 0 Å². The van der Waals surface area contributed by atoms with Crippen molar-refractivity contribution in [1.29, 1.82) is 0 Å². The van der Waals surface area contributed by atoms with Crippen LogP contribution in [0.4, 0.5) is 13.2 Å². The molecule has 1 aromatic rings. The maximum absolute atomic E-state index is 12.9. The van der Waals surface area contributed by atoms with Crippen LogP contribution in [0.1, 0.15) is 37.3 Å². The molecule has 0 bridgehead atoms. The van der Waals surface area contributed by atoms with E-state index in [0.717, 1.165) is 5.56 Å². The normalized spacial score (nSPS) is 24.9. The second-order valence-corrected chi connectivity index (χ2v) is 6.30. The monoisotopic (exact) mass is 340 g/mol. The van der Waals surface area contributed by atoms with Crippen molar-refractivity contribution in [3.05, 3.63) is 33.8 Å². The summed E-state index contributed by atoms with van der Waals surface area (Å²) in [4.78, 5) is 0. The number of nitrogens with two attached hydrogens (primary N) is 1. The zero-order valence-electron chi connectivity index (χ0n) is 11.3. The van der Waals surface area contributed by atoms with Gasteiger partial charge in [-0.25, -0.2) is 0 Å². The van der Waals surface area contributed by atoms with E-state index in [2.05, 4.69) is 5.43 Å². The van der Waals surface area contributed by atoms with Gasteiger partial charge in [0.15, 0.2) is 0 Å². The first-order valence-electron chi connectivity index (χ1n) is 6.80. The van der Waals surface area contributed by atoms with Crippen LogP contribution < -0.4 is 11.3 Å². The van der Waals surface area contributed by atoms with E-state index >= 15 is 0 Å². The number of benzene rings is 1. The standard InChI is InChI=1S/C14H17Cl2F3N2/c15-11-5-4-9(7-12(11)16)13(21-20)8-2-1-3-10(6-8)14(17,18)19/h4-5,7-8,10,13,21H,1-3,6,20H2. The van der Waals surface area contributed by atoms with Gasteiger partial charge in [0.2, 0.25) is 0 Å². The average Bonchev–Trinajstić information content (AvgIpc) is 2.43. The second-order valence-electron chi connectivity index (χ2n) is 5.48. The van der Waals surface area contributed by atoms with Crippen LogP contribution in [0.5, 0.6) is 0 Å². The fourth-order valence-electron chi connectivity index (χ4n) is 3.04. The van der Waals surface area contributed by atoms with Gasteiger partial charge in [0.25, 0.3) is 0 Å². The first-order valence-corrected chi connectivity index (χ1v) is 7.56. The molecule has 0 spiro atoms. The topological polar surface area (TPSA) is 38.0 Å². The van der Waals surface area contributed by atoms with Crippen LogP contribution in [-0.2, 0) is 0 Å². The highest BCUT2D eigenvalue weighted by Gasteiger charge is 2.43. The van der Waals surface area contributed by atoms with E-state index in [1.165, 1.54) is 0 Å². The van der Waals surface area contributed by atoms with Crippen molar-refractivity contribution in [3.8, 4) is 0 Å². The third kappa shape index (κ3) is 4.03. The molecular weight excluding hydrogens is 324 g/mol. The summed E-state index contributed by atoms with van der Waals surface area (Å²) in [6.45, 7) is 0. The number of hydrogen-bond donors (Lipinski definition) is 2. The van der Waals surface area contributed by atoms with E-state index in [0.29, 0.717) is 22.9 Å². The fraction of sp³-hybridized carbons (Fsp3) is 0.571. The lowest BCUT2D eigenvalue weighted by molar-refractivity contribution is -0.186. The van der Waals surface area contributed by atoms with Crippen LogP contribution in [-0.4, -0.2) is 6.18 Å². The minimum atomic E-state index is -4.14. The predicted octanol–water partition coefficient (Wildman–Crippen LogP) is 4.87. The molecule has 0 aliphatic heterocycles. The van der Waals surface area contributed by atoms with Gasteiger partial charge in [-0.1, -0.05) is 35.7 Å². The molecule has 2 nitrogen and oxygen atoms in total. The molecule has 7 heteroatoms. The van der Waals surface area contributed by atoms with Crippen molar-refractivity contribution >= 4 is 23.2 Å². The highest BCUT2D eigenvalue weighted by atomic mass is 35.5. The van der Waals surface area contributed by atoms with Gasteiger partial charge in [-0.2, -0.15) is 13.2 Å². The zero-order chi connectivity index (χ0) is 15.6. The van der Waals surface area contributed by atoms with Gasteiger partial charge in [0, 0.05) is 6.04 Å². The summed E-state index contributed by atoms with van der Waals surface area (Å²) in [6, 6.07) is 4.68. The first-order chi connectivity index (χ1) is 9.82. The molecule has 0 aromatic heterocycles. The SMILES string of the molecule is NNC(c1ccc(Cl)c(Cl)c1)C1CCCC(C(F)(F)F)C1. The number of nitrogens with one attached hydrogen (secondary N) is 1. The Hall–Kier alpha value is -0.490. The largest absolute Gasteiger partial charge is 0.391 e. The number of rotatable bonds is 3. The molecule has 3 atom stereocenters. The fourth-order valence-corrected chi connectivity index (χ4v) is 3.34. The van der Waals surface area contributed by atoms with Crippen molar-refractivity contribution < 1.29 is 13.2 Å². The van der Waals surface area contributed by atoms with E-state index in [1.54, 1.807) is 18.2 Å². The van der Waals surface area contributed by atoms with Crippen molar-refractivity contribution in [2.45, 2.75) is 37.9 Å². The minimum Gasteiger partial charge on any atom is -0.271 e. The Morgan fingerprint density at radius 1 is 1.19 bits per heavy atom. The zero-order valence-corrected chi connectivity index (χ0v) is 12.8. The minimum absolute atomic E-state index is 0.0820. The van der Waals surface area contributed by atoms with Crippen LogP contribution in [0.25, 0.3) is 0 Å². The van der Waals surface area contributed by atoms with E-state index < -0.39 is 12.1 Å². The van der Waals surface area contributed by atoms with Gasteiger partial charge in [0.1, 0.15) is 0 Å². The van der Waals surface area contributed by atoms with E-state index in [-0.39, 0.29) is 24.8 Å². The van der Waals surface area contributed by atoms with E-state index in [4.69, 9.17) is 29.0 Å². The van der Waals surface area contributed by atoms with Crippen LogP contribution in [0.2, 0.25) is 10.0 Å². The lowest BCUT2D eigenvalue weighted by atomic mass is 9.76. The van der Waals surface area contributed by atoms with Gasteiger partial charge in [-0.05, 0) is 42.9 Å². The molecule has 0 amide bonds. The Morgan fingerprint density at radius 2 is 1.90 bits per heavy atom. The van der Waals surface area contributed by atoms with Crippen molar-refractivity contribution in [2.75, 3.05) is 0 Å². The molecule has 1 aliphatic carbocycles. The number of hydrogen-bond acceptors (Lipinski definition) is 2. The third-order valence-electron chi connectivity index (χ3n) is 4.13. The van der Waals surface area contributed by atoms with Crippen molar-refractivity contribution in [2.24, 2.45) is 17.7 Å². The summed E-state index contributed by atoms with van der Waals surface area (Å²) in [5, 5.41) is 0.783. The molecule has 1 aliphatic rings. The predicted molar refractivity (Wildman–Crippen MR) is 78.0 cm³/mol. The van der Waals surface area contributed by atoms with Gasteiger partial charge >= 0.3 is 6.18 Å². The maximum atomic E-state index is 12.9. The summed E-state index contributed by atoms with van der Waals surface area (Å²) < 4.78 is 38.7. The summed E-state index contributed by atoms with van der Waals surface area (Å²) in [5.74, 6) is 4.14. The molecule has 1 aromatic carbocycles. The summed E-state index contributed by atoms with van der Waals surface area (Å²) in [5.41, 5.74) is 3.40. The molecule has 118 valence electrons. The lowest BCUT2D eigenvalue weighted by Crippen LogP contribution is -2.38. The van der Waals surface area contributed by atoms with Crippen LogP contribution in [0.15, 0.2) is 18.2 Å². The highest BCUT2D eigenvalue weighted by molar-refractivity contribution is 6.42. The lowest BCUT2D eigenvalue weighted by Gasteiger charge is -2.35. The number of alkyl halides is 3. The Bertz CT molecular complexity index is 494. The third-order valence-corrected chi connectivity index (χ3v) is 4.87. The van der Waals surface area contributed by atoms with E-state index in [9.17, 15) is 13.2 Å². The van der Waals surface area contributed by atoms with E-state index in [1.807, 2.05) is 0 Å². The molecule has 0 heterocycles. The molecule has 0 radical (unpaired) electrons. The molecule has 0 saturated heterocycles. The maximum Gasteiger partial charge on any atom is 0.391 e. The molecule has 3 unspecified atom stereocenters. The van der Waals surface area contributed by atoms with Gasteiger partial charge in [-0.15, -0.1) is 0 Å². The van der Waals surface area contributed by atoms with Gasteiger partial charge in [0.05, 0.1) is 16.0 Å². The average molecular weight is 341 g/mol. The van der Waals surface area contributed by atoms with Gasteiger partial charge in [-0.3, -0.25) is 11.3 Å². The molecule has 3 N–H and O–H groups in total. The van der Waals surface area contributed by atoms with Crippen molar-refractivity contribution in [1.82, 2.24) is 5.43 Å². The Kier molecular flexibility index (Phi) is 5.41. The molecular formula is C14H17Cl2F3N2. The van der Waals surface area contributed by atoms with Crippen LogP contribution >= 0.6 is 23.2 Å². The molecule has 2 rings (SSSR count). The molecule has 1 saturated carbocycles. The van der Waals surface area contributed by atoms with Crippen LogP contribution in [0, 0.1) is 11.8 Å². The quantitative estimate of drug-likeness (QED) is 0.608. The summed E-state index contributed by atoms with van der Waals surface area (Å²) in [7, 11) is 0. The molecule has 1 fully saturated rings. The number of hydrazine groups is 1. The smallest absolute Gasteiger partial charge is 0.271 e. The summed E-state index contributed by atoms with van der Waals surface area (Å²) >= 11 is 11.8. The van der Waals surface area contributed by atoms with Gasteiger partial charge < -0.3 is 0 Å². The first kappa shape index (κ1) is 16.9. The highest BCUT2D eigenvalue weighted by Crippen LogP contribution is 2.44. The summed E-state index contributed by atoms with van der Waals surface area (Å²) in [6.07, 6.45) is -2.61. The van der Waals surface area contributed by atoms with Crippen LogP contribution in [0.3, 0.4) is 0 Å². The molecule has 21 heavy (non-hydrogen) atoms. The Balaban J connectivity index is 2.18. The second kappa shape index (κ2) is 6.73. The Morgan fingerprint density at radius 3 is 2.48 bits per heavy atom. The number of halogens is 5.